The van der Waals surface area contributed by atoms with E-state index in [0.717, 1.165) is 128 Å². The van der Waals surface area contributed by atoms with Gasteiger partial charge in [-0.2, -0.15) is 0 Å². The molecule has 5 atom stereocenters. The van der Waals surface area contributed by atoms with E-state index in [2.05, 4.69) is 137 Å². The highest BCUT2D eigenvalue weighted by molar-refractivity contribution is 7.47. The fourth-order valence-electron chi connectivity index (χ4n) is 10.5. The second-order valence-corrected chi connectivity index (χ2v) is 29.2. The second kappa shape index (κ2) is 74.7. The quantitative estimate of drug-likeness (QED) is 0.0169. The first-order valence-corrected chi connectivity index (χ1v) is 42.8. The van der Waals surface area contributed by atoms with Gasteiger partial charge in [0.2, 0.25) is 0 Å². The molecule has 0 radical (unpaired) electrons. The zero-order valence-electron chi connectivity index (χ0n) is 64.0. The van der Waals surface area contributed by atoms with Crippen molar-refractivity contribution in [2.24, 2.45) is 0 Å². The Bertz CT molecular complexity index is 2410. The van der Waals surface area contributed by atoms with Gasteiger partial charge in [-0.1, -0.05) is 310 Å². The van der Waals surface area contributed by atoms with E-state index < -0.39 is 97.5 Å². The predicted molar refractivity (Wildman–Crippen MR) is 418 cm³/mol. The number of phosphoric ester groups is 2. The maximum atomic E-state index is 13.1. The molecule has 19 heteroatoms. The number of aliphatic hydroxyl groups excluding tert-OH is 1. The smallest absolute Gasteiger partial charge is 0.462 e. The lowest BCUT2D eigenvalue weighted by Crippen LogP contribution is -2.30. The van der Waals surface area contributed by atoms with Gasteiger partial charge in [0.15, 0.2) is 12.2 Å². The molecule has 0 aliphatic carbocycles. The van der Waals surface area contributed by atoms with Gasteiger partial charge in [-0.25, -0.2) is 9.13 Å². The summed E-state index contributed by atoms with van der Waals surface area (Å²) in [7, 11) is -9.98. The summed E-state index contributed by atoms with van der Waals surface area (Å²) in [5.41, 5.74) is 0. The van der Waals surface area contributed by atoms with Crippen molar-refractivity contribution in [3.05, 3.63) is 122 Å². The topological polar surface area (TPSA) is 237 Å². The molecule has 0 aromatic carbocycles. The molecule has 0 saturated heterocycles. The number of phosphoric acid groups is 2. The minimum atomic E-state index is -5.00. The molecule has 0 bridgehead atoms. The molecular formula is C83H142O17P2. The summed E-state index contributed by atoms with van der Waals surface area (Å²) in [5, 5.41) is 10.6. The first-order valence-electron chi connectivity index (χ1n) is 39.8. The van der Waals surface area contributed by atoms with Crippen LogP contribution >= 0.6 is 15.6 Å². The zero-order chi connectivity index (χ0) is 74.6. The van der Waals surface area contributed by atoms with Crippen LogP contribution in [0.1, 0.15) is 323 Å². The van der Waals surface area contributed by atoms with Gasteiger partial charge in [0, 0.05) is 25.7 Å². The highest BCUT2D eigenvalue weighted by Gasteiger charge is 2.30. The van der Waals surface area contributed by atoms with Crippen molar-refractivity contribution < 1.29 is 80.2 Å². The Morgan fingerprint density at radius 2 is 0.520 bits per heavy atom. The summed E-state index contributed by atoms with van der Waals surface area (Å²) in [4.78, 5) is 72.9. The van der Waals surface area contributed by atoms with Gasteiger partial charge in [0.05, 0.1) is 26.4 Å². The van der Waals surface area contributed by atoms with Crippen LogP contribution in [-0.2, 0) is 65.4 Å². The molecule has 17 nitrogen and oxygen atoms in total. The molecule has 3 N–H and O–H groups in total. The van der Waals surface area contributed by atoms with E-state index in [0.29, 0.717) is 32.1 Å². The van der Waals surface area contributed by atoms with Crippen LogP contribution in [0.3, 0.4) is 0 Å². The third kappa shape index (κ3) is 73.8. The van der Waals surface area contributed by atoms with E-state index in [1.807, 2.05) is 12.2 Å². The van der Waals surface area contributed by atoms with Gasteiger partial charge in [0.1, 0.15) is 19.3 Å². The number of allylic oxidation sites excluding steroid dienone is 20. The summed E-state index contributed by atoms with van der Waals surface area (Å²) < 4.78 is 68.5. The average Bonchev–Trinajstić information content (AvgIpc) is 0.921. The number of hydrogen-bond acceptors (Lipinski definition) is 15. The SMILES string of the molecule is CC/C=C\C/C=C\C/C=C\C/C=C\C/C=C\CCCCCC(=O)OCC(COP(=O)(O)OCC(O)COP(=O)(O)OCC(COC(=O)CCCCCCCCCCCCCCCCC)OC(=O)CCCCCCCCCCCCC)OC(=O)CCC/C=C\C/C=C\C/C=C\C/C=C\C/C=C\CC. The normalized spacial score (nSPS) is 14.5. The number of carbonyl (C=O) groups excluding carboxylic acids is 4. The molecule has 5 unspecified atom stereocenters. The van der Waals surface area contributed by atoms with E-state index in [1.54, 1.807) is 0 Å². The summed E-state index contributed by atoms with van der Waals surface area (Å²) in [6, 6.07) is 0. The van der Waals surface area contributed by atoms with Gasteiger partial charge in [-0.15, -0.1) is 0 Å². The number of hydrogen-bond donors (Lipinski definition) is 3. The molecule has 0 aliphatic rings. The summed E-state index contributed by atoms with van der Waals surface area (Å²) in [5.74, 6) is -2.27. The van der Waals surface area contributed by atoms with Crippen LogP contribution < -0.4 is 0 Å². The van der Waals surface area contributed by atoms with Gasteiger partial charge < -0.3 is 33.8 Å². The Labute approximate surface area is 619 Å². The monoisotopic (exact) mass is 1470 g/mol. The average molecular weight is 1470 g/mol. The van der Waals surface area contributed by atoms with Gasteiger partial charge in [0.25, 0.3) is 0 Å². The van der Waals surface area contributed by atoms with Crippen molar-refractivity contribution >= 4 is 39.5 Å². The molecule has 0 fully saturated rings. The number of esters is 4. The lowest BCUT2D eigenvalue weighted by atomic mass is 10.0. The second-order valence-electron chi connectivity index (χ2n) is 26.3. The van der Waals surface area contributed by atoms with E-state index in [4.69, 9.17) is 37.0 Å². The van der Waals surface area contributed by atoms with Crippen LogP contribution in [0.4, 0.5) is 0 Å². The van der Waals surface area contributed by atoms with Crippen molar-refractivity contribution in [3.8, 4) is 0 Å². The molecule has 0 aromatic rings. The number of rotatable bonds is 74. The number of carbonyl (C=O) groups is 4. The minimum Gasteiger partial charge on any atom is -0.462 e. The fraction of sp³-hybridized carbons (Fsp3) is 0.711. The van der Waals surface area contributed by atoms with Crippen molar-refractivity contribution in [2.75, 3.05) is 39.6 Å². The lowest BCUT2D eigenvalue weighted by Gasteiger charge is -2.21. The molecule has 0 amide bonds. The Hall–Kier alpha value is -4.54. The summed E-state index contributed by atoms with van der Waals surface area (Å²) >= 11 is 0. The number of ether oxygens (including phenoxy) is 4. The van der Waals surface area contributed by atoms with Crippen LogP contribution in [0.15, 0.2) is 122 Å². The maximum Gasteiger partial charge on any atom is 0.472 e. The van der Waals surface area contributed by atoms with Crippen LogP contribution in [0.5, 0.6) is 0 Å². The molecular weight excluding hydrogens is 1330 g/mol. The van der Waals surface area contributed by atoms with Crippen LogP contribution in [0.2, 0.25) is 0 Å². The van der Waals surface area contributed by atoms with Crippen molar-refractivity contribution in [1.82, 2.24) is 0 Å². The highest BCUT2D eigenvalue weighted by atomic mass is 31.2. The van der Waals surface area contributed by atoms with Gasteiger partial charge in [-0.3, -0.25) is 37.3 Å². The number of unbranched alkanes of at least 4 members (excludes halogenated alkanes) is 28. The molecule has 0 rings (SSSR count). The summed E-state index contributed by atoms with van der Waals surface area (Å²) in [6.07, 6.45) is 81.9. The molecule has 0 aliphatic heterocycles. The Morgan fingerprint density at radius 1 is 0.284 bits per heavy atom. The molecule has 0 heterocycles. The third-order valence-electron chi connectivity index (χ3n) is 16.5. The highest BCUT2D eigenvalue weighted by Crippen LogP contribution is 2.45. The molecule has 0 aromatic heterocycles. The molecule has 586 valence electrons. The minimum absolute atomic E-state index is 0.00684. The van der Waals surface area contributed by atoms with Crippen molar-refractivity contribution in [1.29, 1.82) is 0 Å². The van der Waals surface area contributed by atoms with Crippen LogP contribution in [-0.4, -0.2) is 96.7 Å². The van der Waals surface area contributed by atoms with Gasteiger partial charge in [-0.05, 0) is 109 Å². The maximum absolute atomic E-state index is 13.1. The molecule has 0 saturated carbocycles. The Kier molecular flexibility index (Phi) is 71.4. The largest absolute Gasteiger partial charge is 0.472 e. The van der Waals surface area contributed by atoms with E-state index >= 15 is 0 Å². The first-order chi connectivity index (χ1) is 49.7. The number of aliphatic hydroxyl groups is 1. The summed E-state index contributed by atoms with van der Waals surface area (Å²) in [6.45, 7) is 4.57. The molecule has 102 heavy (non-hydrogen) atoms. The van der Waals surface area contributed by atoms with Crippen LogP contribution in [0, 0.1) is 0 Å². The zero-order valence-corrected chi connectivity index (χ0v) is 65.8. The van der Waals surface area contributed by atoms with Gasteiger partial charge >= 0.3 is 39.5 Å². The van der Waals surface area contributed by atoms with Crippen LogP contribution in [0.25, 0.3) is 0 Å². The Balaban J connectivity index is 5.41. The van der Waals surface area contributed by atoms with E-state index in [1.165, 1.54) is 109 Å². The van der Waals surface area contributed by atoms with Crippen molar-refractivity contribution in [2.45, 2.75) is 341 Å². The first kappa shape index (κ1) is 97.5. The van der Waals surface area contributed by atoms with E-state index in [9.17, 15) is 43.2 Å². The Morgan fingerprint density at radius 3 is 0.824 bits per heavy atom. The predicted octanol–water partition coefficient (Wildman–Crippen LogP) is 23.1. The van der Waals surface area contributed by atoms with Crippen molar-refractivity contribution in [3.63, 3.8) is 0 Å². The van der Waals surface area contributed by atoms with E-state index in [-0.39, 0.29) is 25.7 Å². The lowest BCUT2D eigenvalue weighted by molar-refractivity contribution is -0.161. The molecule has 0 spiro atoms. The third-order valence-corrected chi connectivity index (χ3v) is 18.4. The standard InChI is InChI=1S/C83H142O17P2/c1-5-9-13-17-21-25-29-32-35-37-38-40-42-45-49-52-56-60-64-68-81(86)94-74-79(100-83(88)70-66-62-58-54-50-46-43-39-36-33-30-26-22-18-14-10-6-2)76-98-102(91,92)96-72-77(84)71-95-101(89,90)97-75-78(99-82(87)69-65-61-57-53-47-28-24-20-16-12-8-4)73-93-80(85)67-63-59-55-51-48-44-41-34-31-27-23-19-15-11-7-3/h9-10,13-14,21-22,25-26,32-33,35-36,38,40,43,45-46,49,54,58,77-79,84H,5-8,11-12,15-20,23-24,27-31,34,37,39,41-42,44,47-48,50-53,55-57,59-76H2,1-4H3,(H,89,90)(H,91,92)/b13-9-,14-10-,25-21-,26-22-,35-32-,36-33-,40-38-,46-43-,49-45-,58-54-. The fourth-order valence-corrected chi connectivity index (χ4v) is 12.0.